The molecule has 0 saturated carbocycles. The molecule has 0 fully saturated rings. The minimum absolute atomic E-state index is 0.0695. The fraction of sp³-hybridized carbons (Fsp3) is 0.214. The molecule has 3 N–H and O–H groups in total. The molecule has 2 rings (SSSR count). The van der Waals surface area contributed by atoms with E-state index in [-0.39, 0.29) is 11.5 Å². The maximum atomic E-state index is 9.99. The summed E-state index contributed by atoms with van der Waals surface area (Å²) in [6, 6.07) is 4.89. The average molecular weight is 311 g/mol. The fourth-order valence-electron chi connectivity index (χ4n) is 1.55. The smallest absolute Gasteiger partial charge is 0.147 e. The number of H-pyrrole nitrogens is 1. The molecule has 1 aromatic carbocycles. The van der Waals surface area contributed by atoms with Gasteiger partial charge >= 0.3 is 0 Å². The minimum Gasteiger partial charge on any atom is -0.507 e. The van der Waals surface area contributed by atoms with Crippen molar-refractivity contribution in [3.05, 3.63) is 46.8 Å². The van der Waals surface area contributed by atoms with E-state index in [1.165, 1.54) is 12.3 Å². The molecule has 0 aliphatic rings. The molecule has 7 heteroatoms. The third kappa shape index (κ3) is 3.90. The van der Waals surface area contributed by atoms with Crippen molar-refractivity contribution in [3.63, 3.8) is 0 Å². The highest BCUT2D eigenvalue weighted by molar-refractivity contribution is 6.32. The second-order valence-electron chi connectivity index (χ2n) is 4.18. The number of benzene rings is 1. The van der Waals surface area contributed by atoms with Crippen LogP contribution in [-0.2, 0) is 4.74 Å². The lowest BCUT2D eigenvalue weighted by Gasteiger charge is -2.09. The van der Waals surface area contributed by atoms with Gasteiger partial charge < -0.3 is 19.1 Å². The molecule has 0 radical (unpaired) electrons. The number of allylic oxidation sites excluding steroid dienone is 1. The highest BCUT2D eigenvalue weighted by Crippen LogP contribution is 2.27. The molecule has 21 heavy (non-hydrogen) atoms. The molecule has 1 aromatic heterocycles. The first kappa shape index (κ1) is 15.2. The summed E-state index contributed by atoms with van der Waals surface area (Å²) >= 11 is 6.09. The maximum absolute atomic E-state index is 9.99. The Morgan fingerprint density at radius 2 is 2.24 bits per heavy atom. The lowest BCUT2D eigenvalue weighted by atomic mass is 10.1. The van der Waals surface area contributed by atoms with Gasteiger partial charge in [-0.1, -0.05) is 11.6 Å². The molecule has 0 spiro atoms. The van der Waals surface area contributed by atoms with Gasteiger partial charge in [0.05, 0.1) is 17.3 Å². The average Bonchev–Trinajstić information content (AvgIpc) is 2.38. The zero-order valence-electron chi connectivity index (χ0n) is 11.4. The van der Waals surface area contributed by atoms with Crippen LogP contribution in [0.25, 0.3) is 5.76 Å². The van der Waals surface area contributed by atoms with Crippen LogP contribution in [0.15, 0.2) is 35.1 Å². The Morgan fingerprint density at radius 1 is 1.48 bits per heavy atom. The summed E-state index contributed by atoms with van der Waals surface area (Å²) in [7, 11) is 1.59. The number of aliphatic hydroxyl groups excluding tert-OH is 1. The summed E-state index contributed by atoms with van der Waals surface area (Å²) in [5, 5.41) is 20.6. The van der Waals surface area contributed by atoms with Gasteiger partial charge in [0.1, 0.15) is 30.1 Å². The van der Waals surface area contributed by atoms with Crippen molar-refractivity contribution in [1.82, 2.24) is 5.16 Å². The van der Waals surface area contributed by atoms with Crippen molar-refractivity contribution >= 4 is 23.1 Å². The summed E-state index contributed by atoms with van der Waals surface area (Å²) < 4.78 is 14.9. The van der Waals surface area contributed by atoms with Crippen LogP contribution in [0.4, 0.5) is 0 Å². The quantitative estimate of drug-likeness (QED) is 0.416. The number of halogens is 1. The summed E-state index contributed by atoms with van der Waals surface area (Å²) in [4.78, 5) is 0. The first-order chi connectivity index (χ1) is 10.1. The predicted octanol–water partition coefficient (Wildman–Crippen LogP) is 3.25. The number of hydrogen-bond donors (Lipinski definition) is 3. The summed E-state index contributed by atoms with van der Waals surface area (Å²) in [6.45, 7) is 0.854. The second-order valence-corrected chi connectivity index (χ2v) is 4.59. The van der Waals surface area contributed by atoms with Gasteiger partial charge in [0.15, 0.2) is 0 Å². The van der Waals surface area contributed by atoms with E-state index in [1.807, 2.05) is 0 Å². The van der Waals surface area contributed by atoms with Gasteiger partial charge in [0, 0.05) is 18.7 Å². The van der Waals surface area contributed by atoms with E-state index in [9.17, 15) is 5.11 Å². The monoisotopic (exact) mass is 310 g/mol. The van der Waals surface area contributed by atoms with E-state index in [2.05, 4.69) is 9.68 Å². The van der Waals surface area contributed by atoms with E-state index < -0.39 is 0 Å². The Labute approximate surface area is 126 Å². The number of methoxy groups -OCH3 is 1. The Kier molecular flexibility index (Phi) is 5.08. The molecular formula is C14H15ClN2O4. The van der Waals surface area contributed by atoms with Crippen molar-refractivity contribution in [2.24, 2.45) is 0 Å². The highest BCUT2D eigenvalue weighted by Gasteiger charge is 2.09. The zero-order valence-corrected chi connectivity index (χ0v) is 12.1. The third-order valence-corrected chi connectivity index (χ3v) is 2.98. The number of nitrogens with one attached hydrogen (secondary N) is 2. The van der Waals surface area contributed by atoms with Gasteiger partial charge in [-0.05, 0) is 18.2 Å². The molecule has 1 heterocycles. The first-order valence-electron chi connectivity index (χ1n) is 6.15. The highest BCUT2D eigenvalue weighted by atomic mass is 35.5. The topological polar surface area (TPSA) is 91.5 Å². The normalized spacial score (nSPS) is 11.6. The van der Waals surface area contributed by atoms with E-state index in [0.717, 1.165) is 0 Å². The van der Waals surface area contributed by atoms with Crippen molar-refractivity contribution in [3.8, 4) is 5.75 Å². The number of aromatic amines is 1. The molecule has 0 atom stereocenters. The number of aromatic nitrogens is 1. The standard InChI is InChI=1S/C14H15ClN2O4/c1-19-4-5-20-14-3-2-9(6-10(14)15)13(18)7-11(16)12-8-21-17-12/h2-3,6-8,16-18H,4-5H2,1H3/b13-7+,16-11?. The molecule has 0 amide bonds. The van der Waals surface area contributed by atoms with E-state index in [4.69, 9.17) is 26.5 Å². The van der Waals surface area contributed by atoms with Crippen LogP contribution in [0.3, 0.4) is 0 Å². The van der Waals surface area contributed by atoms with Crippen molar-refractivity contribution in [2.45, 2.75) is 0 Å². The van der Waals surface area contributed by atoms with Gasteiger partial charge in [-0.15, -0.1) is 0 Å². The molecular weight excluding hydrogens is 296 g/mol. The fourth-order valence-corrected chi connectivity index (χ4v) is 1.78. The van der Waals surface area contributed by atoms with Gasteiger partial charge in [-0.3, -0.25) is 5.41 Å². The Hall–Kier alpha value is -2.18. The van der Waals surface area contributed by atoms with Gasteiger partial charge in [0.25, 0.3) is 0 Å². The lowest BCUT2D eigenvalue weighted by Crippen LogP contribution is -2.05. The van der Waals surface area contributed by atoms with E-state index >= 15 is 0 Å². The van der Waals surface area contributed by atoms with Crippen LogP contribution in [0, 0.1) is 5.41 Å². The Bertz CT molecular complexity index is 636. The molecule has 0 bridgehead atoms. The zero-order chi connectivity index (χ0) is 15.2. The summed E-state index contributed by atoms with van der Waals surface area (Å²) in [5.74, 6) is 0.442. The third-order valence-electron chi connectivity index (χ3n) is 2.69. The number of rotatable bonds is 7. The number of ether oxygens (including phenoxy) is 2. The van der Waals surface area contributed by atoms with Crippen molar-refractivity contribution in [1.29, 1.82) is 5.41 Å². The maximum Gasteiger partial charge on any atom is 0.147 e. The molecule has 112 valence electrons. The lowest BCUT2D eigenvalue weighted by molar-refractivity contribution is 0.146. The van der Waals surface area contributed by atoms with Crippen LogP contribution in [0.5, 0.6) is 5.75 Å². The van der Waals surface area contributed by atoms with Crippen molar-refractivity contribution in [2.75, 3.05) is 20.3 Å². The second kappa shape index (κ2) is 7.01. The number of hydrogen-bond acceptors (Lipinski definition) is 5. The van der Waals surface area contributed by atoms with Crippen LogP contribution < -0.4 is 4.74 Å². The van der Waals surface area contributed by atoms with E-state index in [0.29, 0.717) is 35.2 Å². The molecule has 0 saturated heterocycles. The summed E-state index contributed by atoms with van der Waals surface area (Å²) in [6.07, 6.45) is 2.68. The predicted molar refractivity (Wildman–Crippen MR) is 79.3 cm³/mol. The van der Waals surface area contributed by atoms with Gasteiger partial charge in [-0.2, -0.15) is 0 Å². The van der Waals surface area contributed by atoms with Gasteiger partial charge in [0.2, 0.25) is 0 Å². The number of aliphatic hydroxyl groups is 1. The molecule has 0 aliphatic heterocycles. The molecule has 0 unspecified atom stereocenters. The molecule has 6 nitrogen and oxygen atoms in total. The summed E-state index contributed by atoms with van der Waals surface area (Å²) in [5.41, 5.74) is 1.09. The molecule has 2 aromatic rings. The van der Waals surface area contributed by atoms with Crippen LogP contribution in [-0.4, -0.2) is 36.3 Å². The Morgan fingerprint density at radius 3 is 2.81 bits per heavy atom. The Balaban J connectivity index is 2.09. The van der Waals surface area contributed by atoms with Gasteiger partial charge in [-0.25, -0.2) is 5.16 Å². The van der Waals surface area contributed by atoms with Crippen molar-refractivity contribution < 1.29 is 19.1 Å². The first-order valence-corrected chi connectivity index (χ1v) is 6.52. The van der Waals surface area contributed by atoms with E-state index in [1.54, 1.807) is 25.3 Å². The van der Waals surface area contributed by atoms with Crippen LogP contribution >= 0.6 is 11.6 Å². The molecule has 0 aliphatic carbocycles. The largest absolute Gasteiger partial charge is 0.507 e. The van der Waals surface area contributed by atoms with Crippen LogP contribution in [0.1, 0.15) is 11.3 Å². The SMILES string of the molecule is COCCOc1ccc(/C(O)=C\C(=N)c2co[nH]2)cc1Cl. The minimum atomic E-state index is -0.0695. The van der Waals surface area contributed by atoms with Crippen LogP contribution in [0.2, 0.25) is 5.02 Å².